The van der Waals surface area contributed by atoms with Gasteiger partial charge in [-0.3, -0.25) is 10.2 Å². The molecular formula is C26H26ClN5O. The third kappa shape index (κ3) is 5.79. The van der Waals surface area contributed by atoms with Gasteiger partial charge in [-0.05, 0) is 48.2 Å². The molecule has 4 aromatic rings. The molecule has 0 saturated heterocycles. The fraction of sp³-hybridized carbons (Fsp3) is 0.192. The van der Waals surface area contributed by atoms with Gasteiger partial charge in [0, 0.05) is 12.1 Å². The first kappa shape index (κ1) is 22.6. The molecule has 7 heteroatoms. The van der Waals surface area contributed by atoms with Crippen LogP contribution in [0.1, 0.15) is 35.1 Å². The van der Waals surface area contributed by atoms with E-state index in [4.69, 9.17) is 17.0 Å². The molecule has 6 nitrogen and oxygen atoms in total. The molecule has 0 fully saturated rings. The minimum atomic E-state index is -0.286. The highest BCUT2D eigenvalue weighted by Gasteiger charge is 2.19. The van der Waals surface area contributed by atoms with Gasteiger partial charge in [0.15, 0.2) is 0 Å². The Hall–Kier alpha value is -3.64. The van der Waals surface area contributed by atoms with E-state index in [-0.39, 0.29) is 17.8 Å². The first-order valence-electron chi connectivity index (χ1n) is 10.9. The van der Waals surface area contributed by atoms with Crippen molar-refractivity contribution in [2.45, 2.75) is 18.9 Å². The normalized spacial score (nSPS) is 11.8. The molecule has 0 spiro atoms. The van der Waals surface area contributed by atoms with Crippen molar-refractivity contribution >= 4 is 34.4 Å². The summed E-state index contributed by atoms with van der Waals surface area (Å²) < 4.78 is 0. The highest BCUT2D eigenvalue weighted by molar-refractivity contribution is 6.27. The molecule has 0 bridgehead atoms. The number of aromatic amines is 1. The second-order valence-electron chi connectivity index (χ2n) is 7.79. The van der Waals surface area contributed by atoms with Gasteiger partial charge in [-0.2, -0.15) is 0 Å². The topological polar surface area (TPSA) is 93.7 Å². The second-order valence-corrected chi connectivity index (χ2v) is 8.06. The van der Waals surface area contributed by atoms with Crippen LogP contribution in [-0.4, -0.2) is 34.1 Å². The van der Waals surface area contributed by atoms with Crippen LogP contribution in [0.2, 0.25) is 0 Å². The molecule has 1 aromatic heterocycles. The van der Waals surface area contributed by atoms with Crippen LogP contribution in [0.15, 0.2) is 78.9 Å². The third-order valence-corrected chi connectivity index (χ3v) is 5.71. The van der Waals surface area contributed by atoms with Crippen molar-refractivity contribution in [1.29, 1.82) is 5.41 Å². The second kappa shape index (κ2) is 10.8. The lowest BCUT2D eigenvalue weighted by molar-refractivity contribution is 0.0932. The highest BCUT2D eigenvalue weighted by atomic mass is 35.5. The first-order chi connectivity index (χ1) is 16.1. The van der Waals surface area contributed by atoms with Crippen LogP contribution in [0.4, 0.5) is 0 Å². The number of carbonyl (C=O) groups excluding carboxylic acids is 1. The lowest BCUT2D eigenvalue weighted by atomic mass is 10.0. The Labute approximate surface area is 197 Å². The zero-order chi connectivity index (χ0) is 23.0. The third-order valence-electron chi connectivity index (χ3n) is 5.44. The summed E-state index contributed by atoms with van der Waals surface area (Å²) >= 11 is 5.66. The van der Waals surface area contributed by atoms with Crippen molar-refractivity contribution in [3.63, 3.8) is 0 Å². The van der Waals surface area contributed by atoms with Crippen LogP contribution >= 0.6 is 11.6 Å². The van der Waals surface area contributed by atoms with E-state index >= 15 is 0 Å². The van der Waals surface area contributed by atoms with Crippen molar-refractivity contribution in [2.24, 2.45) is 0 Å². The number of imidazole rings is 1. The number of H-pyrrole nitrogens is 1. The summed E-state index contributed by atoms with van der Waals surface area (Å²) in [5.41, 5.74) is 4.56. The van der Waals surface area contributed by atoms with Crippen LogP contribution in [0.25, 0.3) is 22.2 Å². The summed E-state index contributed by atoms with van der Waals surface area (Å²) in [4.78, 5) is 21.1. The number of carbonyl (C=O) groups is 1. The van der Waals surface area contributed by atoms with E-state index in [2.05, 4.69) is 20.6 Å². The summed E-state index contributed by atoms with van der Waals surface area (Å²) in [6, 6.07) is 25.2. The largest absolute Gasteiger partial charge is 0.373 e. The van der Waals surface area contributed by atoms with Crippen molar-refractivity contribution in [1.82, 2.24) is 20.6 Å². The highest BCUT2D eigenvalue weighted by Crippen LogP contribution is 2.22. The molecule has 33 heavy (non-hydrogen) atoms. The number of amidine groups is 1. The number of benzene rings is 3. The van der Waals surface area contributed by atoms with E-state index in [0.29, 0.717) is 24.4 Å². The summed E-state index contributed by atoms with van der Waals surface area (Å²) in [6.07, 6.45) is 1.41. The molecule has 0 saturated carbocycles. The lowest BCUT2D eigenvalue weighted by Gasteiger charge is -2.17. The maximum atomic E-state index is 13.1. The number of para-hydroxylation sites is 2. The first-order valence-corrected chi connectivity index (χ1v) is 11.5. The maximum Gasteiger partial charge on any atom is 0.251 e. The monoisotopic (exact) mass is 459 g/mol. The van der Waals surface area contributed by atoms with E-state index in [0.717, 1.165) is 34.4 Å². The molecule has 1 amide bonds. The van der Waals surface area contributed by atoms with Gasteiger partial charge in [-0.1, -0.05) is 54.6 Å². The quantitative estimate of drug-likeness (QED) is 0.119. The molecule has 1 atom stereocenters. The van der Waals surface area contributed by atoms with Crippen LogP contribution < -0.4 is 10.6 Å². The van der Waals surface area contributed by atoms with Crippen molar-refractivity contribution in [3.05, 3.63) is 90.3 Å². The molecule has 0 radical (unpaired) electrons. The smallest absolute Gasteiger partial charge is 0.251 e. The fourth-order valence-corrected chi connectivity index (χ4v) is 3.79. The van der Waals surface area contributed by atoms with Gasteiger partial charge in [-0.15, -0.1) is 11.6 Å². The van der Waals surface area contributed by atoms with Crippen molar-refractivity contribution in [3.8, 4) is 11.1 Å². The van der Waals surface area contributed by atoms with E-state index in [1.807, 2.05) is 78.9 Å². The van der Waals surface area contributed by atoms with Gasteiger partial charge < -0.3 is 15.6 Å². The fourth-order valence-electron chi connectivity index (χ4n) is 3.69. The molecule has 1 heterocycles. The summed E-state index contributed by atoms with van der Waals surface area (Å²) in [6.45, 7) is 0.601. The molecule has 4 rings (SSSR count). The van der Waals surface area contributed by atoms with Gasteiger partial charge in [0.2, 0.25) is 0 Å². The molecule has 3 aromatic carbocycles. The summed E-state index contributed by atoms with van der Waals surface area (Å²) in [7, 11) is 0. The van der Waals surface area contributed by atoms with E-state index in [1.165, 1.54) is 0 Å². The Morgan fingerprint density at radius 2 is 1.67 bits per heavy atom. The van der Waals surface area contributed by atoms with Crippen LogP contribution in [0.5, 0.6) is 0 Å². The van der Waals surface area contributed by atoms with E-state index < -0.39 is 0 Å². The lowest BCUT2D eigenvalue weighted by Crippen LogP contribution is -2.31. The molecule has 168 valence electrons. The molecule has 0 aliphatic carbocycles. The van der Waals surface area contributed by atoms with Crippen LogP contribution in [0, 0.1) is 5.41 Å². The number of amides is 1. The number of rotatable bonds is 9. The number of nitrogens with one attached hydrogen (secondary N) is 4. The van der Waals surface area contributed by atoms with Gasteiger partial charge in [0.25, 0.3) is 5.91 Å². The van der Waals surface area contributed by atoms with Crippen LogP contribution in [0.3, 0.4) is 0 Å². The molecular weight excluding hydrogens is 434 g/mol. The van der Waals surface area contributed by atoms with Gasteiger partial charge in [-0.25, -0.2) is 4.98 Å². The molecule has 4 N–H and O–H groups in total. The molecule has 0 aliphatic heterocycles. The predicted octanol–water partition coefficient (Wildman–Crippen LogP) is 5.29. The number of halogens is 1. The number of nitrogens with zero attached hydrogens (tertiary/aromatic N) is 1. The zero-order valence-electron chi connectivity index (χ0n) is 18.1. The molecule has 0 unspecified atom stereocenters. The van der Waals surface area contributed by atoms with Crippen molar-refractivity contribution < 1.29 is 4.79 Å². The number of aromatic nitrogens is 2. The average molecular weight is 460 g/mol. The van der Waals surface area contributed by atoms with Gasteiger partial charge >= 0.3 is 0 Å². The summed E-state index contributed by atoms with van der Waals surface area (Å²) in [5.74, 6) is 1.02. The van der Waals surface area contributed by atoms with E-state index in [9.17, 15) is 4.79 Å². The predicted molar refractivity (Wildman–Crippen MR) is 134 cm³/mol. The van der Waals surface area contributed by atoms with E-state index in [1.54, 1.807) is 0 Å². The number of alkyl halides is 1. The summed E-state index contributed by atoms with van der Waals surface area (Å²) in [5, 5.41) is 13.7. The van der Waals surface area contributed by atoms with Crippen LogP contribution in [-0.2, 0) is 0 Å². The Morgan fingerprint density at radius 1 is 0.970 bits per heavy atom. The van der Waals surface area contributed by atoms with Crippen molar-refractivity contribution in [2.75, 3.05) is 12.4 Å². The number of hydrogen-bond donors (Lipinski definition) is 4. The zero-order valence-corrected chi connectivity index (χ0v) is 18.9. The minimum Gasteiger partial charge on any atom is -0.373 e. The number of fused-ring (bicyclic) bond motifs is 1. The Balaban J connectivity index is 1.48. The van der Waals surface area contributed by atoms with Gasteiger partial charge in [0.1, 0.15) is 11.7 Å². The molecule has 0 aliphatic rings. The van der Waals surface area contributed by atoms with Gasteiger partial charge in [0.05, 0.1) is 23.0 Å². The standard InChI is InChI=1S/C26H26ClN5O/c27-17-24(28)29-16-6-11-23(25-30-21-9-4-5-10-22(21)31-25)32-26(33)20-14-12-19(13-15-20)18-7-2-1-3-8-18/h1-5,7-10,12-15,23H,6,11,16-17H2,(H2,28,29)(H,30,31)(H,32,33)/t23-/m0/s1. The average Bonchev–Trinajstić information content (AvgIpc) is 3.30. The minimum absolute atomic E-state index is 0.151. The number of hydrogen-bond acceptors (Lipinski definition) is 3. The Morgan fingerprint density at radius 3 is 2.39 bits per heavy atom. The Bertz CT molecular complexity index is 1190. The Kier molecular flexibility index (Phi) is 7.37. The SMILES string of the molecule is N=C(CCl)NCCC[C@H](NC(=O)c1ccc(-c2ccccc2)cc1)c1nc2ccccc2[nH]1. The maximum absolute atomic E-state index is 13.1.